The molecule has 2 rings (SSSR count). The Labute approximate surface area is 113 Å². The lowest BCUT2D eigenvalue weighted by Gasteiger charge is -2.08. The molecule has 0 unspecified atom stereocenters. The fourth-order valence-electron chi connectivity index (χ4n) is 2.25. The van der Waals surface area contributed by atoms with Gasteiger partial charge in [-0.25, -0.2) is 0 Å². The van der Waals surface area contributed by atoms with Gasteiger partial charge in [-0.05, 0) is 41.7 Å². The van der Waals surface area contributed by atoms with Gasteiger partial charge in [0.05, 0.1) is 6.04 Å². The molecule has 0 aromatic heterocycles. The van der Waals surface area contributed by atoms with Gasteiger partial charge in [-0.3, -0.25) is 4.79 Å². The quantitative estimate of drug-likeness (QED) is 0.829. The summed E-state index contributed by atoms with van der Waals surface area (Å²) in [7, 11) is 0. The van der Waals surface area contributed by atoms with Crippen LogP contribution in [0.4, 0.5) is 0 Å². The van der Waals surface area contributed by atoms with E-state index < -0.39 is 11.9 Å². The standard InChI is InChI=1S/C16H20N2O/c17-15(16(18)19)11-12-6-2-1-3-7-13-8-4-5-9-14(13)10-12/h4-10,15H,1-3,11,17H2,(H2,18,19)/b12-6-,13-7-,14-10-/t15-/m0/s1. The lowest BCUT2D eigenvalue weighted by atomic mass is 10.0. The molecule has 1 aromatic rings. The molecule has 1 atom stereocenters. The normalized spacial score (nSPS) is 22.9. The maximum absolute atomic E-state index is 11.1. The van der Waals surface area contributed by atoms with E-state index in [4.69, 9.17) is 11.5 Å². The molecule has 4 N–H and O–H groups in total. The number of benzene rings is 1. The highest BCUT2D eigenvalue weighted by Gasteiger charge is 2.10. The molecular formula is C16H20N2O. The van der Waals surface area contributed by atoms with Crippen LogP contribution in [0, 0.1) is 0 Å². The number of rotatable bonds is 3. The SMILES string of the molecule is NC(=O)[C@@H](N)CC1=C/CCC/C=c2/cccc/c2=C/1. The third kappa shape index (κ3) is 3.80. The molecule has 1 aliphatic carbocycles. The van der Waals surface area contributed by atoms with Gasteiger partial charge >= 0.3 is 0 Å². The largest absolute Gasteiger partial charge is 0.368 e. The summed E-state index contributed by atoms with van der Waals surface area (Å²) in [5, 5.41) is 2.41. The molecule has 3 nitrogen and oxygen atoms in total. The van der Waals surface area contributed by atoms with Crippen molar-refractivity contribution in [2.75, 3.05) is 0 Å². The number of nitrogens with two attached hydrogens (primary N) is 2. The average molecular weight is 256 g/mol. The van der Waals surface area contributed by atoms with Gasteiger partial charge in [-0.1, -0.05) is 42.5 Å². The van der Waals surface area contributed by atoms with E-state index in [0.29, 0.717) is 6.42 Å². The monoisotopic (exact) mass is 256 g/mol. The summed E-state index contributed by atoms with van der Waals surface area (Å²) in [5.74, 6) is -0.450. The van der Waals surface area contributed by atoms with Gasteiger partial charge in [0.2, 0.25) is 5.91 Å². The lowest BCUT2D eigenvalue weighted by Crippen LogP contribution is -2.36. The van der Waals surface area contributed by atoms with Crippen LogP contribution >= 0.6 is 0 Å². The summed E-state index contributed by atoms with van der Waals surface area (Å²) in [6.45, 7) is 0. The Morgan fingerprint density at radius 3 is 2.58 bits per heavy atom. The van der Waals surface area contributed by atoms with E-state index in [1.54, 1.807) is 0 Å². The van der Waals surface area contributed by atoms with Crippen molar-refractivity contribution in [2.45, 2.75) is 31.7 Å². The molecule has 0 spiro atoms. The number of hydrogen-bond acceptors (Lipinski definition) is 2. The number of amides is 1. The Kier molecular flexibility index (Phi) is 4.53. The molecular weight excluding hydrogens is 236 g/mol. The van der Waals surface area contributed by atoms with Crippen molar-refractivity contribution in [2.24, 2.45) is 11.5 Å². The van der Waals surface area contributed by atoms with Gasteiger partial charge in [0, 0.05) is 0 Å². The molecule has 1 amide bonds. The van der Waals surface area contributed by atoms with E-state index in [2.05, 4.69) is 30.4 Å². The Morgan fingerprint density at radius 2 is 1.84 bits per heavy atom. The number of fused-ring (bicyclic) bond motifs is 1. The molecule has 100 valence electrons. The molecule has 0 bridgehead atoms. The summed E-state index contributed by atoms with van der Waals surface area (Å²) in [6, 6.07) is 7.65. The van der Waals surface area contributed by atoms with Crippen LogP contribution in [0.3, 0.4) is 0 Å². The topological polar surface area (TPSA) is 69.1 Å². The maximum atomic E-state index is 11.1. The molecule has 0 radical (unpaired) electrons. The van der Waals surface area contributed by atoms with Crippen LogP contribution in [0.25, 0.3) is 12.2 Å². The second kappa shape index (κ2) is 6.34. The minimum atomic E-state index is -0.612. The van der Waals surface area contributed by atoms with E-state index in [9.17, 15) is 4.79 Å². The molecule has 1 aliphatic rings. The van der Waals surface area contributed by atoms with Gasteiger partial charge in [-0.2, -0.15) is 0 Å². The van der Waals surface area contributed by atoms with Gasteiger partial charge < -0.3 is 11.5 Å². The fraction of sp³-hybridized carbons (Fsp3) is 0.312. The van der Waals surface area contributed by atoms with Crippen LogP contribution in [0.15, 0.2) is 35.9 Å². The van der Waals surface area contributed by atoms with Gasteiger partial charge in [0.25, 0.3) is 0 Å². The summed E-state index contributed by atoms with van der Waals surface area (Å²) in [5.41, 5.74) is 12.1. The van der Waals surface area contributed by atoms with Crippen LogP contribution in [0.1, 0.15) is 25.7 Å². The predicted molar refractivity (Wildman–Crippen MR) is 78.3 cm³/mol. The number of carbonyl (C=O) groups is 1. The zero-order valence-corrected chi connectivity index (χ0v) is 11.0. The number of primary amides is 1. The van der Waals surface area contributed by atoms with Crippen molar-refractivity contribution >= 4 is 18.1 Å². The molecule has 0 aliphatic heterocycles. The highest BCUT2D eigenvalue weighted by molar-refractivity contribution is 5.80. The fourth-order valence-corrected chi connectivity index (χ4v) is 2.25. The molecule has 0 heterocycles. The average Bonchev–Trinajstić information content (AvgIpc) is 2.48. The van der Waals surface area contributed by atoms with Crippen LogP contribution in [-0.2, 0) is 4.79 Å². The third-order valence-corrected chi connectivity index (χ3v) is 3.34. The zero-order valence-electron chi connectivity index (χ0n) is 11.0. The van der Waals surface area contributed by atoms with Gasteiger partial charge in [0.1, 0.15) is 0 Å². The number of hydrogen-bond donors (Lipinski definition) is 2. The summed E-state index contributed by atoms with van der Waals surface area (Å²) in [6.07, 6.45) is 10.2. The maximum Gasteiger partial charge on any atom is 0.234 e. The first-order valence-corrected chi connectivity index (χ1v) is 6.68. The van der Waals surface area contributed by atoms with E-state index in [1.165, 1.54) is 10.4 Å². The van der Waals surface area contributed by atoms with E-state index in [1.807, 2.05) is 12.1 Å². The summed E-state index contributed by atoms with van der Waals surface area (Å²) in [4.78, 5) is 11.1. The number of carbonyl (C=O) groups excluding carboxylic acids is 1. The lowest BCUT2D eigenvalue weighted by molar-refractivity contribution is -0.119. The Morgan fingerprint density at radius 1 is 1.16 bits per heavy atom. The van der Waals surface area contributed by atoms with Gasteiger partial charge in [0.15, 0.2) is 0 Å². The smallest absolute Gasteiger partial charge is 0.234 e. The van der Waals surface area contributed by atoms with Crippen molar-refractivity contribution in [1.82, 2.24) is 0 Å². The van der Waals surface area contributed by atoms with Crippen LogP contribution in [-0.4, -0.2) is 11.9 Å². The van der Waals surface area contributed by atoms with E-state index >= 15 is 0 Å². The number of allylic oxidation sites excluding steroid dienone is 1. The first kappa shape index (κ1) is 13.6. The molecule has 0 fully saturated rings. The summed E-state index contributed by atoms with van der Waals surface area (Å²) >= 11 is 0. The molecule has 1 aromatic carbocycles. The third-order valence-electron chi connectivity index (χ3n) is 3.34. The minimum Gasteiger partial charge on any atom is -0.368 e. The highest BCUT2D eigenvalue weighted by atomic mass is 16.1. The van der Waals surface area contributed by atoms with Crippen molar-refractivity contribution in [3.63, 3.8) is 0 Å². The van der Waals surface area contributed by atoms with Crippen molar-refractivity contribution in [3.05, 3.63) is 46.4 Å². The van der Waals surface area contributed by atoms with Gasteiger partial charge in [-0.15, -0.1) is 0 Å². The second-order valence-corrected chi connectivity index (χ2v) is 4.90. The first-order chi connectivity index (χ1) is 9.16. The predicted octanol–water partition coefficient (Wildman–Crippen LogP) is 0.561. The summed E-state index contributed by atoms with van der Waals surface area (Å²) < 4.78 is 0. The minimum absolute atomic E-state index is 0.450. The Bertz CT molecular complexity index is 601. The molecule has 0 saturated heterocycles. The van der Waals surface area contributed by atoms with E-state index in [0.717, 1.165) is 24.8 Å². The van der Waals surface area contributed by atoms with E-state index in [-0.39, 0.29) is 0 Å². The van der Waals surface area contributed by atoms with Crippen molar-refractivity contribution in [3.8, 4) is 0 Å². The van der Waals surface area contributed by atoms with Crippen molar-refractivity contribution < 1.29 is 4.79 Å². The molecule has 0 saturated carbocycles. The van der Waals surface area contributed by atoms with Crippen LogP contribution < -0.4 is 21.9 Å². The first-order valence-electron chi connectivity index (χ1n) is 6.68. The second-order valence-electron chi connectivity index (χ2n) is 4.90. The highest BCUT2D eigenvalue weighted by Crippen LogP contribution is 2.10. The molecule has 19 heavy (non-hydrogen) atoms. The van der Waals surface area contributed by atoms with Crippen molar-refractivity contribution in [1.29, 1.82) is 0 Å². The zero-order chi connectivity index (χ0) is 13.7. The Balaban J connectivity index is 2.38. The Hall–Kier alpha value is -1.87. The van der Waals surface area contributed by atoms with Crippen LogP contribution in [0.5, 0.6) is 0 Å². The molecule has 3 heteroatoms. The van der Waals surface area contributed by atoms with Crippen LogP contribution in [0.2, 0.25) is 0 Å².